The number of β-amino-alcohol motifs (C(OH)–C–C–N with tert-alkyl or cyclic N) is 1. The van der Waals surface area contributed by atoms with Crippen LogP contribution >= 0.6 is 12.4 Å². The smallest absolute Gasteiger partial charge is 0.303 e. The Morgan fingerprint density at radius 3 is 2.37 bits per heavy atom. The van der Waals surface area contributed by atoms with Gasteiger partial charge in [-0.1, -0.05) is 12.1 Å². The van der Waals surface area contributed by atoms with Gasteiger partial charge in [0.25, 0.3) is 0 Å². The Kier molecular flexibility index (Phi) is 9.68. The lowest BCUT2D eigenvalue weighted by Crippen LogP contribution is -2.43. The highest BCUT2D eigenvalue weighted by Crippen LogP contribution is 2.23. The van der Waals surface area contributed by atoms with Gasteiger partial charge in [-0.25, -0.2) is 8.78 Å². The number of carboxylic acids is 1. The van der Waals surface area contributed by atoms with E-state index >= 15 is 0 Å². The molecule has 0 unspecified atom stereocenters. The van der Waals surface area contributed by atoms with E-state index in [4.69, 9.17) is 9.84 Å². The fourth-order valence-electron chi connectivity index (χ4n) is 3.11. The van der Waals surface area contributed by atoms with Crippen LogP contribution in [0.3, 0.4) is 0 Å². The number of rotatable bonds is 10. The van der Waals surface area contributed by atoms with Crippen molar-refractivity contribution in [3.05, 3.63) is 64.7 Å². The SMILES string of the molecule is COc1ccc(CC(C)(C)NC[C@@H](O)c2cc(CCC(=O)O)cc(F)c2F)cc1.Cl. The Morgan fingerprint density at radius 2 is 1.80 bits per heavy atom. The lowest BCUT2D eigenvalue weighted by Gasteiger charge is -2.28. The molecule has 0 radical (unpaired) electrons. The number of aryl methyl sites for hydroxylation is 1. The number of methoxy groups -OCH3 is 1. The number of aliphatic hydroxyl groups excluding tert-OH is 1. The van der Waals surface area contributed by atoms with Crippen LogP contribution in [0.2, 0.25) is 0 Å². The van der Waals surface area contributed by atoms with Crippen LogP contribution < -0.4 is 10.1 Å². The second-order valence-corrected chi connectivity index (χ2v) is 7.68. The summed E-state index contributed by atoms with van der Waals surface area (Å²) in [6, 6.07) is 9.90. The molecule has 0 saturated heterocycles. The normalized spacial score (nSPS) is 12.2. The largest absolute Gasteiger partial charge is 0.497 e. The maximum atomic E-state index is 14.2. The van der Waals surface area contributed by atoms with Gasteiger partial charge < -0.3 is 20.3 Å². The van der Waals surface area contributed by atoms with Crippen LogP contribution in [0.5, 0.6) is 5.75 Å². The Labute approximate surface area is 181 Å². The lowest BCUT2D eigenvalue weighted by molar-refractivity contribution is -0.136. The topological polar surface area (TPSA) is 78.8 Å². The number of carbonyl (C=O) groups is 1. The van der Waals surface area contributed by atoms with Crippen molar-refractivity contribution < 1.29 is 28.5 Å². The average molecular weight is 444 g/mol. The third kappa shape index (κ3) is 7.55. The standard InChI is InChI=1S/C22H27F2NO4.ClH/c1-22(2,12-14-4-7-16(29-3)8-5-14)25-13-19(26)17-10-15(6-9-20(27)28)11-18(23)21(17)24;/h4-5,7-8,10-11,19,25-26H,6,9,12-13H2,1-3H3,(H,27,28);1H/t19-;/m1./s1. The first kappa shape index (κ1) is 25.8. The van der Waals surface area contributed by atoms with Gasteiger partial charge in [0.1, 0.15) is 5.75 Å². The van der Waals surface area contributed by atoms with E-state index in [-0.39, 0.29) is 37.4 Å². The summed E-state index contributed by atoms with van der Waals surface area (Å²) in [7, 11) is 1.60. The van der Waals surface area contributed by atoms with E-state index in [1.165, 1.54) is 6.07 Å². The maximum absolute atomic E-state index is 14.2. The molecule has 3 N–H and O–H groups in total. The fourth-order valence-corrected chi connectivity index (χ4v) is 3.11. The minimum Gasteiger partial charge on any atom is -0.497 e. The quantitative estimate of drug-likeness (QED) is 0.516. The zero-order valence-electron chi connectivity index (χ0n) is 17.2. The average Bonchev–Trinajstić information content (AvgIpc) is 2.67. The maximum Gasteiger partial charge on any atom is 0.303 e. The number of nitrogens with one attached hydrogen (secondary N) is 1. The molecule has 8 heteroatoms. The number of aliphatic carboxylic acids is 1. The molecule has 0 aliphatic rings. The summed E-state index contributed by atoms with van der Waals surface area (Å²) in [6.07, 6.45) is -0.764. The number of hydrogen-bond donors (Lipinski definition) is 3. The second-order valence-electron chi connectivity index (χ2n) is 7.68. The number of aliphatic hydroxyl groups is 1. The Balaban J connectivity index is 0.00000450. The van der Waals surface area contributed by atoms with Crippen LogP contribution in [0.4, 0.5) is 8.78 Å². The number of hydrogen-bond acceptors (Lipinski definition) is 4. The highest BCUT2D eigenvalue weighted by atomic mass is 35.5. The Morgan fingerprint density at radius 1 is 1.17 bits per heavy atom. The van der Waals surface area contributed by atoms with E-state index < -0.39 is 29.2 Å². The molecule has 0 amide bonds. The van der Waals surface area contributed by atoms with E-state index in [2.05, 4.69) is 5.32 Å². The minimum absolute atomic E-state index is 0. The molecule has 2 rings (SSSR count). The van der Waals surface area contributed by atoms with Gasteiger partial charge in [0, 0.05) is 24.1 Å². The molecule has 0 aliphatic carbocycles. The molecule has 0 saturated carbocycles. The molecule has 2 aromatic carbocycles. The van der Waals surface area contributed by atoms with Crippen molar-refractivity contribution in [2.24, 2.45) is 0 Å². The van der Waals surface area contributed by atoms with E-state index in [0.29, 0.717) is 12.0 Å². The summed E-state index contributed by atoms with van der Waals surface area (Å²) in [5.74, 6) is -2.49. The molecule has 5 nitrogen and oxygen atoms in total. The molecule has 0 spiro atoms. The molecule has 0 bridgehead atoms. The molecule has 0 fully saturated rings. The molecule has 1 atom stereocenters. The second kappa shape index (κ2) is 11.2. The molecule has 0 aromatic heterocycles. The van der Waals surface area contributed by atoms with Gasteiger partial charge in [0.05, 0.1) is 13.2 Å². The zero-order chi connectivity index (χ0) is 21.6. The van der Waals surface area contributed by atoms with Crippen LogP contribution in [0, 0.1) is 11.6 Å². The Hall–Kier alpha value is -2.22. The first-order valence-electron chi connectivity index (χ1n) is 9.37. The summed E-state index contributed by atoms with van der Waals surface area (Å²) < 4.78 is 33.2. The third-order valence-electron chi connectivity index (χ3n) is 4.68. The van der Waals surface area contributed by atoms with E-state index in [1.54, 1.807) is 7.11 Å². The molecular formula is C22H28ClF2NO4. The van der Waals surface area contributed by atoms with Gasteiger partial charge in [-0.3, -0.25) is 4.79 Å². The van der Waals surface area contributed by atoms with Gasteiger partial charge in [-0.15, -0.1) is 12.4 Å². The molecule has 30 heavy (non-hydrogen) atoms. The first-order valence-corrected chi connectivity index (χ1v) is 9.37. The van der Waals surface area contributed by atoms with E-state index in [0.717, 1.165) is 17.4 Å². The van der Waals surface area contributed by atoms with Crippen LogP contribution in [-0.4, -0.2) is 35.4 Å². The summed E-state index contributed by atoms with van der Waals surface area (Å²) in [6.45, 7) is 3.91. The predicted octanol–water partition coefficient (Wildman–Crippen LogP) is 4.06. The van der Waals surface area contributed by atoms with E-state index in [9.17, 15) is 18.7 Å². The highest BCUT2D eigenvalue weighted by Gasteiger charge is 2.23. The summed E-state index contributed by atoms with van der Waals surface area (Å²) >= 11 is 0. The van der Waals surface area contributed by atoms with Crippen LogP contribution in [0.15, 0.2) is 36.4 Å². The van der Waals surface area contributed by atoms with Gasteiger partial charge in [0.2, 0.25) is 0 Å². The van der Waals surface area contributed by atoms with E-state index in [1.807, 2.05) is 38.1 Å². The minimum atomic E-state index is -1.27. The number of benzene rings is 2. The van der Waals surface area contributed by atoms with Gasteiger partial charge >= 0.3 is 5.97 Å². The zero-order valence-corrected chi connectivity index (χ0v) is 18.1. The highest BCUT2D eigenvalue weighted by molar-refractivity contribution is 5.85. The van der Waals surface area contributed by atoms with Crippen molar-refractivity contribution in [2.75, 3.05) is 13.7 Å². The van der Waals surface area contributed by atoms with Gasteiger partial charge in [-0.05, 0) is 62.1 Å². The molecular weight excluding hydrogens is 416 g/mol. The van der Waals surface area contributed by atoms with Crippen molar-refractivity contribution >= 4 is 18.4 Å². The summed E-state index contributed by atoms with van der Waals surface area (Å²) in [5.41, 5.74) is 0.799. The van der Waals surface area contributed by atoms with Gasteiger partial charge in [-0.2, -0.15) is 0 Å². The number of ether oxygens (including phenoxy) is 1. The Bertz CT molecular complexity index is 844. The van der Waals surface area contributed by atoms with Crippen molar-refractivity contribution in [3.8, 4) is 5.75 Å². The van der Waals surface area contributed by atoms with Crippen molar-refractivity contribution in [1.29, 1.82) is 0 Å². The molecule has 2 aromatic rings. The van der Waals surface area contributed by atoms with Crippen LogP contribution in [0.25, 0.3) is 0 Å². The molecule has 0 aliphatic heterocycles. The monoisotopic (exact) mass is 443 g/mol. The van der Waals surface area contributed by atoms with Crippen molar-refractivity contribution in [3.63, 3.8) is 0 Å². The summed E-state index contributed by atoms with van der Waals surface area (Å²) in [4.78, 5) is 10.7. The van der Waals surface area contributed by atoms with Gasteiger partial charge in [0.15, 0.2) is 11.6 Å². The molecule has 0 heterocycles. The lowest BCUT2D eigenvalue weighted by atomic mass is 9.94. The van der Waals surface area contributed by atoms with Crippen molar-refractivity contribution in [1.82, 2.24) is 5.32 Å². The molecule has 166 valence electrons. The number of carboxylic acid groups (broad SMARTS) is 1. The summed E-state index contributed by atoms with van der Waals surface area (Å²) in [5, 5.41) is 22.4. The first-order chi connectivity index (χ1) is 13.6. The third-order valence-corrected chi connectivity index (χ3v) is 4.68. The van der Waals surface area contributed by atoms with Crippen LogP contribution in [-0.2, 0) is 17.6 Å². The number of halogens is 3. The fraction of sp³-hybridized carbons (Fsp3) is 0.409. The van der Waals surface area contributed by atoms with Crippen LogP contribution in [0.1, 0.15) is 43.1 Å². The van der Waals surface area contributed by atoms with Crippen molar-refractivity contribution in [2.45, 2.75) is 44.8 Å². The predicted molar refractivity (Wildman–Crippen MR) is 113 cm³/mol.